The van der Waals surface area contributed by atoms with Crippen LogP contribution >= 0.6 is 0 Å². The summed E-state index contributed by atoms with van der Waals surface area (Å²) in [6, 6.07) is 21.0. The number of phenols is 2. The zero-order valence-electron chi connectivity index (χ0n) is 12.7. The third-order valence-electron chi connectivity index (χ3n) is 3.27. The highest BCUT2D eigenvalue weighted by Gasteiger charge is 2.02. The lowest BCUT2D eigenvalue weighted by Gasteiger charge is -2.01. The van der Waals surface area contributed by atoms with Crippen LogP contribution in [0.2, 0.25) is 0 Å². The Labute approximate surface area is 139 Å². The van der Waals surface area contributed by atoms with Crippen molar-refractivity contribution in [2.75, 3.05) is 0 Å². The summed E-state index contributed by atoms with van der Waals surface area (Å²) >= 11 is 0. The van der Waals surface area contributed by atoms with Gasteiger partial charge in [0.2, 0.25) is 0 Å². The molecule has 3 aromatic carbocycles. The fourth-order valence-electron chi connectivity index (χ4n) is 2.03. The van der Waals surface area contributed by atoms with Crippen molar-refractivity contribution in [2.45, 2.75) is 0 Å². The molecule has 2 N–H and O–H groups in total. The molecular formula is C19H15N3O2. The number of hydrogen-bond acceptors (Lipinski definition) is 5. The van der Waals surface area contributed by atoms with Crippen molar-refractivity contribution in [3.63, 3.8) is 0 Å². The highest BCUT2D eigenvalue weighted by atomic mass is 16.3. The summed E-state index contributed by atoms with van der Waals surface area (Å²) < 4.78 is 0. The van der Waals surface area contributed by atoms with E-state index >= 15 is 0 Å². The van der Waals surface area contributed by atoms with Crippen molar-refractivity contribution in [3.8, 4) is 11.5 Å². The van der Waals surface area contributed by atoms with Crippen LogP contribution in [-0.2, 0) is 0 Å². The van der Waals surface area contributed by atoms with Crippen LogP contribution in [0.3, 0.4) is 0 Å². The maximum atomic E-state index is 9.94. The normalized spacial score (nSPS) is 11.3. The number of aliphatic imine (C=N–C) groups is 1. The van der Waals surface area contributed by atoms with E-state index in [1.807, 2.05) is 30.3 Å². The van der Waals surface area contributed by atoms with E-state index in [1.165, 1.54) is 12.3 Å². The molecule has 5 nitrogen and oxygen atoms in total. The lowest BCUT2D eigenvalue weighted by Crippen LogP contribution is -1.82. The smallest absolute Gasteiger partial charge is 0.141 e. The van der Waals surface area contributed by atoms with E-state index in [2.05, 4.69) is 15.2 Å². The van der Waals surface area contributed by atoms with E-state index in [-0.39, 0.29) is 11.5 Å². The van der Waals surface area contributed by atoms with Gasteiger partial charge in [0.15, 0.2) is 0 Å². The van der Waals surface area contributed by atoms with Crippen LogP contribution in [0.5, 0.6) is 11.5 Å². The summed E-state index contributed by atoms with van der Waals surface area (Å²) in [5.74, 6) is 0.154. The van der Waals surface area contributed by atoms with Crippen LogP contribution in [0.4, 0.5) is 17.1 Å². The first-order valence-corrected chi connectivity index (χ1v) is 7.34. The Morgan fingerprint density at radius 3 is 2.17 bits per heavy atom. The van der Waals surface area contributed by atoms with E-state index < -0.39 is 0 Å². The summed E-state index contributed by atoms with van der Waals surface area (Å²) in [6.45, 7) is 0. The first-order valence-electron chi connectivity index (χ1n) is 7.34. The minimum absolute atomic E-state index is 0.0767. The molecule has 0 aromatic heterocycles. The number of para-hydroxylation sites is 2. The summed E-state index contributed by atoms with van der Waals surface area (Å²) in [5, 5.41) is 27.9. The maximum Gasteiger partial charge on any atom is 0.141 e. The Morgan fingerprint density at radius 1 is 0.667 bits per heavy atom. The Hall–Kier alpha value is -3.47. The van der Waals surface area contributed by atoms with E-state index in [0.29, 0.717) is 16.9 Å². The molecule has 0 saturated carbocycles. The van der Waals surface area contributed by atoms with Gasteiger partial charge < -0.3 is 10.2 Å². The molecule has 3 aromatic rings. The van der Waals surface area contributed by atoms with Crippen molar-refractivity contribution in [1.29, 1.82) is 0 Å². The summed E-state index contributed by atoms with van der Waals surface area (Å²) in [7, 11) is 0. The van der Waals surface area contributed by atoms with Gasteiger partial charge >= 0.3 is 0 Å². The van der Waals surface area contributed by atoms with Crippen molar-refractivity contribution >= 4 is 23.3 Å². The second kappa shape index (κ2) is 7.19. The quantitative estimate of drug-likeness (QED) is 0.508. The molecule has 0 aliphatic heterocycles. The first-order chi connectivity index (χ1) is 11.7. The summed E-state index contributed by atoms with van der Waals surface area (Å²) in [4.78, 5) is 4.19. The minimum atomic E-state index is 0.0767. The SMILES string of the molecule is Oc1ccc(N=Nc2ccccc2)cc1C=Nc1ccccc1O. The van der Waals surface area contributed by atoms with Gasteiger partial charge in [-0.2, -0.15) is 10.2 Å². The number of rotatable bonds is 4. The highest BCUT2D eigenvalue weighted by molar-refractivity contribution is 5.87. The molecule has 0 spiro atoms. The number of phenolic OH excluding ortho intramolecular Hbond substituents is 2. The number of aromatic hydroxyl groups is 2. The van der Waals surface area contributed by atoms with Crippen LogP contribution < -0.4 is 0 Å². The van der Waals surface area contributed by atoms with Crippen LogP contribution in [0.15, 0.2) is 88.0 Å². The van der Waals surface area contributed by atoms with E-state index in [9.17, 15) is 10.2 Å². The minimum Gasteiger partial charge on any atom is -0.507 e. The number of azo groups is 1. The molecule has 0 amide bonds. The van der Waals surface area contributed by atoms with Crippen molar-refractivity contribution in [3.05, 3.63) is 78.4 Å². The van der Waals surface area contributed by atoms with Crippen LogP contribution in [0.1, 0.15) is 5.56 Å². The molecule has 0 fully saturated rings. The summed E-state index contributed by atoms with van der Waals surface area (Å²) in [5.41, 5.74) is 2.25. The predicted octanol–water partition coefficient (Wildman–Crippen LogP) is 5.26. The van der Waals surface area contributed by atoms with E-state index in [4.69, 9.17) is 0 Å². The van der Waals surface area contributed by atoms with Gasteiger partial charge in [-0.15, -0.1) is 0 Å². The third-order valence-corrected chi connectivity index (χ3v) is 3.27. The fraction of sp³-hybridized carbons (Fsp3) is 0. The second-order valence-electron chi connectivity index (χ2n) is 5.03. The van der Waals surface area contributed by atoms with Crippen molar-refractivity contribution < 1.29 is 10.2 Å². The topological polar surface area (TPSA) is 77.5 Å². The van der Waals surface area contributed by atoms with Gasteiger partial charge in [-0.05, 0) is 42.5 Å². The van der Waals surface area contributed by atoms with Crippen molar-refractivity contribution in [2.24, 2.45) is 15.2 Å². The van der Waals surface area contributed by atoms with Gasteiger partial charge in [0.25, 0.3) is 0 Å². The Morgan fingerprint density at radius 2 is 1.38 bits per heavy atom. The van der Waals surface area contributed by atoms with Crippen LogP contribution in [-0.4, -0.2) is 16.4 Å². The van der Waals surface area contributed by atoms with Crippen LogP contribution in [0.25, 0.3) is 0 Å². The molecule has 5 heteroatoms. The number of hydrogen-bond donors (Lipinski definition) is 2. The van der Waals surface area contributed by atoms with Gasteiger partial charge in [0.05, 0.1) is 11.4 Å². The molecule has 3 rings (SSSR count). The van der Waals surface area contributed by atoms with E-state index in [1.54, 1.807) is 36.4 Å². The van der Waals surface area contributed by atoms with Gasteiger partial charge in [0, 0.05) is 11.8 Å². The zero-order chi connectivity index (χ0) is 16.8. The molecule has 0 radical (unpaired) electrons. The maximum absolute atomic E-state index is 9.94. The molecule has 24 heavy (non-hydrogen) atoms. The molecule has 0 bridgehead atoms. The highest BCUT2D eigenvalue weighted by Crippen LogP contribution is 2.27. The fourth-order valence-corrected chi connectivity index (χ4v) is 2.03. The molecule has 118 valence electrons. The lowest BCUT2D eigenvalue weighted by atomic mass is 10.2. The van der Waals surface area contributed by atoms with Gasteiger partial charge in [0.1, 0.15) is 17.2 Å². The molecule has 0 unspecified atom stereocenters. The van der Waals surface area contributed by atoms with Crippen molar-refractivity contribution in [1.82, 2.24) is 0 Å². The zero-order valence-corrected chi connectivity index (χ0v) is 12.7. The second-order valence-corrected chi connectivity index (χ2v) is 5.03. The Balaban J connectivity index is 1.84. The lowest BCUT2D eigenvalue weighted by molar-refractivity contribution is 0.474. The average Bonchev–Trinajstić information content (AvgIpc) is 2.62. The van der Waals surface area contributed by atoms with E-state index in [0.717, 1.165) is 5.69 Å². The molecular weight excluding hydrogens is 302 g/mol. The predicted molar refractivity (Wildman–Crippen MR) is 94.1 cm³/mol. The van der Waals surface area contributed by atoms with Crippen LogP contribution in [0, 0.1) is 0 Å². The molecule has 0 heterocycles. The molecule has 0 aliphatic carbocycles. The largest absolute Gasteiger partial charge is 0.507 e. The van der Waals surface area contributed by atoms with Gasteiger partial charge in [-0.3, -0.25) is 4.99 Å². The first kappa shape index (κ1) is 15.4. The monoisotopic (exact) mass is 317 g/mol. The Bertz CT molecular complexity index is 890. The molecule has 0 aliphatic rings. The van der Waals surface area contributed by atoms with Gasteiger partial charge in [-0.1, -0.05) is 30.3 Å². The molecule has 0 saturated heterocycles. The summed E-state index contributed by atoms with van der Waals surface area (Å²) in [6.07, 6.45) is 1.48. The number of nitrogens with zero attached hydrogens (tertiary/aromatic N) is 3. The Kier molecular flexibility index (Phi) is 4.62. The third kappa shape index (κ3) is 3.84. The standard InChI is InChI=1S/C19H15N3O2/c23-18-11-10-16(22-21-15-6-2-1-3-7-15)12-14(18)13-20-17-8-4-5-9-19(17)24/h1-13,23-24H. The molecule has 0 atom stereocenters. The average molecular weight is 317 g/mol. The number of benzene rings is 3. The van der Waals surface area contributed by atoms with Gasteiger partial charge in [-0.25, -0.2) is 0 Å².